The first-order valence-electron chi connectivity index (χ1n) is 5.68. The molecule has 0 radical (unpaired) electrons. The summed E-state index contributed by atoms with van der Waals surface area (Å²) in [4.78, 5) is 15.5. The van der Waals surface area contributed by atoms with Crippen LogP contribution in [0.25, 0.3) is 0 Å². The summed E-state index contributed by atoms with van der Waals surface area (Å²) in [6.07, 6.45) is 0. The first-order chi connectivity index (χ1) is 8.49. The minimum Gasteiger partial charge on any atom is -0.379 e. The van der Waals surface area contributed by atoms with Gasteiger partial charge in [-0.3, -0.25) is 4.79 Å². The van der Waals surface area contributed by atoms with E-state index in [1.165, 1.54) is 12.1 Å². The third-order valence-corrected chi connectivity index (χ3v) is 2.40. The predicted octanol–water partition coefficient (Wildman–Crippen LogP) is 2.79. The van der Waals surface area contributed by atoms with Crippen molar-refractivity contribution in [2.75, 3.05) is 19.8 Å². The molecule has 1 heterocycles. The quantitative estimate of drug-likeness (QED) is 0.647. The summed E-state index contributed by atoms with van der Waals surface area (Å²) in [7, 11) is 0. The average molecular weight is 291 g/mol. The highest BCUT2D eigenvalue weighted by molar-refractivity contribution is 6.33. The average Bonchev–Trinajstić information content (AvgIpc) is 2.26. The van der Waals surface area contributed by atoms with Gasteiger partial charge in [0.2, 0.25) is 0 Å². The molecule has 4 nitrogen and oxygen atoms in total. The summed E-state index contributed by atoms with van der Waals surface area (Å²) in [6.45, 7) is 5.75. The van der Waals surface area contributed by atoms with Crippen LogP contribution in [0.1, 0.15) is 24.2 Å². The van der Waals surface area contributed by atoms with Crippen molar-refractivity contribution in [3.05, 3.63) is 28.0 Å². The number of pyridine rings is 1. The van der Waals surface area contributed by atoms with E-state index in [9.17, 15) is 4.79 Å². The Labute approximate surface area is 117 Å². The van der Waals surface area contributed by atoms with E-state index in [1.54, 1.807) is 0 Å². The Morgan fingerprint density at radius 2 is 2.00 bits per heavy atom. The normalized spacial score (nSPS) is 10.7. The number of amides is 1. The molecule has 0 aliphatic carbocycles. The van der Waals surface area contributed by atoms with E-state index in [4.69, 9.17) is 27.9 Å². The van der Waals surface area contributed by atoms with Crippen LogP contribution in [0.4, 0.5) is 0 Å². The third kappa shape index (κ3) is 5.67. The van der Waals surface area contributed by atoms with E-state index in [0.29, 0.717) is 31.2 Å². The zero-order chi connectivity index (χ0) is 13.5. The van der Waals surface area contributed by atoms with Gasteiger partial charge in [0.15, 0.2) is 0 Å². The molecule has 0 aromatic carbocycles. The molecule has 0 atom stereocenters. The number of ether oxygens (including phenoxy) is 1. The second-order valence-electron chi connectivity index (χ2n) is 4.23. The lowest BCUT2D eigenvalue weighted by Gasteiger charge is -2.08. The molecule has 1 aromatic heterocycles. The van der Waals surface area contributed by atoms with Gasteiger partial charge >= 0.3 is 0 Å². The van der Waals surface area contributed by atoms with Crippen LogP contribution in [-0.2, 0) is 4.74 Å². The van der Waals surface area contributed by atoms with Crippen molar-refractivity contribution in [1.82, 2.24) is 10.3 Å². The lowest BCUT2D eigenvalue weighted by Crippen LogP contribution is -2.27. The van der Waals surface area contributed by atoms with Crippen molar-refractivity contribution in [2.45, 2.75) is 13.8 Å². The highest BCUT2D eigenvalue weighted by atomic mass is 35.5. The molecule has 0 fully saturated rings. The van der Waals surface area contributed by atoms with E-state index >= 15 is 0 Å². The number of hydrogen-bond donors (Lipinski definition) is 1. The highest BCUT2D eigenvalue weighted by Gasteiger charge is 2.08. The predicted molar refractivity (Wildman–Crippen MR) is 72.2 cm³/mol. The Balaban J connectivity index is 2.36. The van der Waals surface area contributed by atoms with E-state index < -0.39 is 0 Å². The number of halogens is 2. The third-order valence-electron chi connectivity index (χ3n) is 2.01. The van der Waals surface area contributed by atoms with E-state index in [2.05, 4.69) is 24.1 Å². The maximum Gasteiger partial charge on any atom is 0.251 e. The number of nitrogens with one attached hydrogen (secondary N) is 1. The van der Waals surface area contributed by atoms with Gasteiger partial charge in [-0.05, 0) is 18.1 Å². The Morgan fingerprint density at radius 1 is 1.39 bits per heavy atom. The minimum absolute atomic E-state index is 0.198. The standard InChI is InChI=1S/C12H16Cl2N2O2/c1-8(2)7-18-4-3-15-12(17)9-5-10(13)16-11(14)6-9/h5-6,8H,3-4,7H2,1-2H3,(H,15,17). The zero-order valence-electron chi connectivity index (χ0n) is 10.4. The van der Waals surface area contributed by atoms with E-state index in [0.717, 1.165) is 0 Å². The number of hydrogen-bond acceptors (Lipinski definition) is 3. The first kappa shape index (κ1) is 15.2. The molecule has 18 heavy (non-hydrogen) atoms. The molecule has 0 bridgehead atoms. The Hall–Kier alpha value is -0.840. The summed E-state index contributed by atoms with van der Waals surface area (Å²) < 4.78 is 5.35. The van der Waals surface area contributed by atoms with Crippen molar-refractivity contribution < 1.29 is 9.53 Å². The molecule has 1 amide bonds. The maximum atomic E-state index is 11.7. The van der Waals surface area contributed by atoms with Gasteiger partial charge in [-0.2, -0.15) is 0 Å². The SMILES string of the molecule is CC(C)COCCNC(=O)c1cc(Cl)nc(Cl)c1. The molecule has 0 saturated carbocycles. The molecule has 0 unspecified atom stereocenters. The molecule has 0 saturated heterocycles. The van der Waals surface area contributed by atoms with Crippen LogP contribution >= 0.6 is 23.2 Å². The second kappa shape index (κ2) is 7.56. The van der Waals surface area contributed by atoms with Crippen LogP contribution in [0.2, 0.25) is 10.3 Å². The number of carbonyl (C=O) groups is 1. The van der Waals surface area contributed by atoms with Gasteiger partial charge in [-0.15, -0.1) is 0 Å². The second-order valence-corrected chi connectivity index (χ2v) is 5.00. The first-order valence-corrected chi connectivity index (χ1v) is 6.43. The number of rotatable bonds is 6. The van der Waals surface area contributed by atoms with Gasteiger partial charge in [-0.25, -0.2) is 4.98 Å². The topological polar surface area (TPSA) is 51.2 Å². The largest absolute Gasteiger partial charge is 0.379 e. The maximum absolute atomic E-state index is 11.7. The summed E-state index contributed by atoms with van der Waals surface area (Å²) >= 11 is 11.4. The molecule has 0 aliphatic rings. The molecule has 1 N–H and O–H groups in total. The smallest absolute Gasteiger partial charge is 0.251 e. The van der Waals surface area contributed by atoms with Crippen LogP contribution in [0.5, 0.6) is 0 Å². The fourth-order valence-electron chi connectivity index (χ4n) is 1.25. The summed E-state index contributed by atoms with van der Waals surface area (Å²) in [5.74, 6) is 0.243. The highest BCUT2D eigenvalue weighted by Crippen LogP contribution is 2.14. The van der Waals surface area contributed by atoms with Gasteiger partial charge < -0.3 is 10.1 Å². The van der Waals surface area contributed by atoms with Crippen LogP contribution in [0, 0.1) is 5.92 Å². The molecule has 6 heteroatoms. The van der Waals surface area contributed by atoms with Crippen molar-refractivity contribution in [2.24, 2.45) is 5.92 Å². The number of carbonyl (C=O) groups excluding carboxylic acids is 1. The molecule has 0 aliphatic heterocycles. The zero-order valence-corrected chi connectivity index (χ0v) is 11.9. The van der Waals surface area contributed by atoms with Gasteiger partial charge in [-0.1, -0.05) is 37.0 Å². The Bertz CT molecular complexity index is 391. The summed E-state index contributed by atoms with van der Waals surface area (Å²) in [6, 6.07) is 2.94. The Kier molecular flexibility index (Phi) is 6.39. The van der Waals surface area contributed by atoms with Gasteiger partial charge in [0.05, 0.1) is 6.61 Å². The minimum atomic E-state index is -0.241. The Morgan fingerprint density at radius 3 is 2.56 bits per heavy atom. The van der Waals surface area contributed by atoms with Gasteiger partial charge in [0.25, 0.3) is 5.91 Å². The summed E-state index contributed by atoms with van der Waals surface area (Å²) in [5.41, 5.74) is 0.392. The van der Waals surface area contributed by atoms with E-state index in [-0.39, 0.29) is 16.2 Å². The fourth-order valence-corrected chi connectivity index (χ4v) is 1.71. The van der Waals surface area contributed by atoms with Crippen LogP contribution in [-0.4, -0.2) is 30.6 Å². The van der Waals surface area contributed by atoms with Gasteiger partial charge in [0.1, 0.15) is 10.3 Å². The number of nitrogens with zero attached hydrogens (tertiary/aromatic N) is 1. The molecule has 100 valence electrons. The molecule has 1 rings (SSSR count). The van der Waals surface area contributed by atoms with Crippen LogP contribution in [0.15, 0.2) is 12.1 Å². The number of aromatic nitrogens is 1. The fraction of sp³-hybridized carbons (Fsp3) is 0.500. The van der Waals surface area contributed by atoms with E-state index in [1.807, 2.05) is 0 Å². The van der Waals surface area contributed by atoms with Crippen molar-refractivity contribution in [3.63, 3.8) is 0 Å². The van der Waals surface area contributed by atoms with Crippen LogP contribution in [0.3, 0.4) is 0 Å². The van der Waals surface area contributed by atoms with Crippen molar-refractivity contribution in [3.8, 4) is 0 Å². The van der Waals surface area contributed by atoms with Crippen molar-refractivity contribution >= 4 is 29.1 Å². The molecule has 1 aromatic rings. The molecule has 0 spiro atoms. The van der Waals surface area contributed by atoms with Crippen LogP contribution < -0.4 is 5.32 Å². The lowest BCUT2D eigenvalue weighted by atomic mass is 10.2. The van der Waals surface area contributed by atoms with Crippen molar-refractivity contribution in [1.29, 1.82) is 0 Å². The lowest BCUT2D eigenvalue weighted by molar-refractivity contribution is 0.0886. The molecular formula is C12H16Cl2N2O2. The monoisotopic (exact) mass is 290 g/mol. The van der Waals surface area contributed by atoms with Gasteiger partial charge in [0, 0.05) is 18.7 Å². The molecular weight excluding hydrogens is 275 g/mol. The summed E-state index contributed by atoms with van der Waals surface area (Å²) in [5, 5.41) is 3.11.